The standard InChI is InChI=1S/C21H28N2O2/c24-20(17-7-3-8-17)22-11-4-12-23(14-13-22)21(25)19-10-9-16-5-1-2-6-18(16)15-19/h9-10,15,17H,1-8,11-14H2. The molecule has 1 aromatic rings. The van der Waals surface area contributed by atoms with E-state index in [1.165, 1.54) is 30.4 Å². The Morgan fingerprint density at radius 2 is 1.52 bits per heavy atom. The summed E-state index contributed by atoms with van der Waals surface area (Å²) in [5, 5.41) is 0. The Kier molecular flexibility index (Phi) is 4.78. The number of fused-ring (bicyclic) bond motifs is 1. The van der Waals surface area contributed by atoms with E-state index in [9.17, 15) is 9.59 Å². The van der Waals surface area contributed by atoms with E-state index >= 15 is 0 Å². The lowest BCUT2D eigenvalue weighted by Crippen LogP contribution is -2.41. The smallest absolute Gasteiger partial charge is 0.253 e. The minimum atomic E-state index is 0.131. The molecule has 0 radical (unpaired) electrons. The molecule has 0 N–H and O–H groups in total. The predicted molar refractivity (Wildman–Crippen MR) is 97.5 cm³/mol. The molecule has 0 atom stereocenters. The van der Waals surface area contributed by atoms with E-state index in [4.69, 9.17) is 0 Å². The Morgan fingerprint density at radius 3 is 2.28 bits per heavy atom. The molecule has 1 heterocycles. The second-order valence-electron chi connectivity index (χ2n) is 7.79. The molecule has 3 aliphatic rings. The van der Waals surface area contributed by atoms with Gasteiger partial charge in [0.15, 0.2) is 0 Å². The summed E-state index contributed by atoms with van der Waals surface area (Å²) in [5.74, 6) is 0.698. The van der Waals surface area contributed by atoms with Crippen LogP contribution in [-0.4, -0.2) is 47.8 Å². The Balaban J connectivity index is 1.41. The number of aryl methyl sites for hydroxylation is 2. The molecule has 134 valence electrons. The monoisotopic (exact) mass is 340 g/mol. The SMILES string of the molecule is O=C(c1ccc2c(c1)CCCC2)N1CCCN(C(=O)C2CCC2)CC1. The van der Waals surface area contributed by atoms with Crippen LogP contribution < -0.4 is 0 Å². The van der Waals surface area contributed by atoms with Gasteiger partial charge in [-0.25, -0.2) is 0 Å². The molecule has 1 saturated heterocycles. The maximum absolute atomic E-state index is 12.9. The fourth-order valence-corrected chi connectivity index (χ4v) is 4.30. The summed E-state index contributed by atoms with van der Waals surface area (Å²) in [6.45, 7) is 2.90. The van der Waals surface area contributed by atoms with Gasteiger partial charge in [0.25, 0.3) is 5.91 Å². The second-order valence-corrected chi connectivity index (χ2v) is 7.79. The lowest BCUT2D eigenvalue weighted by atomic mass is 9.84. The molecular weight excluding hydrogens is 312 g/mol. The van der Waals surface area contributed by atoms with Crippen LogP contribution in [0.2, 0.25) is 0 Å². The third-order valence-corrected chi connectivity index (χ3v) is 6.14. The Bertz CT molecular complexity index is 666. The minimum Gasteiger partial charge on any atom is -0.341 e. The molecule has 25 heavy (non-hydrogen) atoms. The highest BCUT2D eigenvalue weighted by atomic mass is 16.2. The van der Waals surface area contributed by atoms with Gasteiger partial charge in [-0.3, -0.25) is 9.59 Å². The molecule has 0 spiro atoms. The van der Waals surface area contributed by atoms with Crippen molar-refractivity contribution >= 4 is 11.8 Å². The molecule has 4 heteroatoms. The van der Waals surface area contributed by atoms with Gasteiger partial charge in [-0.1, -0.05) is 12.5 Å². The molecule has 4 nitrogen and oxygen atoms in total. The summed E-state index contributed by atoms with van der Waals surface area (Å²) in [5.41, 5.74) is 3.59. The molecule has 2 amide bonds. The van der Waals surface area contributed by atoms with E-state index in [2.05, 4.69) is 12.1 Å². The van der Waals surface area contributed by atoms with Gasteiger partial charge in [0, 0.05) is 37.7 Å². The molecular formula is C21H28N2O2. The number of carbonyl (C=O) groups excluding carboxylic acids is 2. The first-order chi connectivity index (χ1) is 12.2. The van der Waals surface area contributed by atoms with Crippen molar-refractivity contribution in [3.63, 3.8) is 0 Å². The third-order valence-electron chi connectivity index (χ3n) is 6.14. The van der Waals surface area contributed by atoms with Gasteiger partial charge >= 0.3 is 0 Å². The lowest BCUT2D eigenvalue weighted by Gasteiger charge is -2.31. The van der Waals surface area contributed by atoms with Crippen molar-refractivity contribution in [2.45, 2.75) is 51.4 Å². The first kappa shape index (κ1) is 16.6. The highest BCUT2D eigenvalue weighted by Gasteiger charge is 2.31. The molecule has 0 unspecified atom stereocenters. The van der Waals surface area contributed by atoms with Crippen LogP contribution in [-0.2, 0) is 17.6 Å². The molecule has 2 fully saturated rings. The van der Waals surface area contributed by atoms with Crippen LogP contribution in [0.3, 0.4) is 0 Å². The molecule has 1 saturated carbocycles. The summed E-state index contributed by atoms with van der Waals surface area (Å²) >= 11 is 0. The quantitative estimate of drug-likeness (QED) is 0.830. The van der Waals surface area contributed by atoms with Crippen LogP contribution >= 0.6 is 0 Å². The predicted octanol–water partition coefficient (Wildman–Crippen LogP) is 3.04. The molecule has 0 aromatic heterocycles. The summed E-state index contributed by atoms with van der Waals surface area (Å²) < 4.78 is 0. The fraction of sp³-hybridized carbons (Fsp3) is 0.619. The van der Waals surface area contributed by atoms with Crippen LogP contribution in [0.1, 0.15) is 60.0 Å². The second kappa shape index (κ2) is 7.19. The number of rotatable bonds is 2. The molecule has 1 aliphatic heterocycles. The zero-order chi connectivity index (χ0) is 17.2. The minimum absolute atomic E-state index is 0.131. The van der Waals surface area contributed by atoms with Crippen molar-refractivity contribution in [2.24, 2.45) is 5.92 Å². The van der Waals surface area contributed by atoms with Crippen molar-refractivity contribution < 1.29 is 9.59 Å². The van der Waals surface area contributed by atoms with Gasteiger partial charge < -0.3 is 9.80 Å². The number of benzene rings is 1. The zero-order valence-corrected chi connectivity index (χ0v) is 15.0. The number of hydrogen-bond donors (Lipinski definition) is 0. The van der Waals surface area contributed by atoms with Crippen LogP contribution in [0.25, 0.3) is 0 Å². The van der Waals surface area contributed by atoms with Crippen molar-refractivity contribution in [3.8, 4) is 0 Å². The van der Waals surface area contributed by atoms with Gasteiger partial charge in [0.2, 0.25) is 5.91 Å². The highest BCUT2D eigenvalue weighted by molar-refractivity contribution is 5.94. The number of nitrogens with zero attached hydrogens (tertiary/aromatic N) is 2. The Morgan fingerprint density at radius 1 is 0.800 bits per heavy atom. The summed E-state index contributed by atoms with van der Waals surface area (Å²) in [7, 11) is 0. The van der Waals surface area contributed by atoms with E-state index < -0.39 is 0 Å². The van der Waals surface area contributed by atoms with Crippen LogP contribution in [0.5, 0.6) is 0 Å². The topological polar surface area (TPSA) is 40.6 Å². The highest BCUT2D eigenvalue weighted by Crippen LogP contribution is 2.29. The van der Waals surface area contributed by atoms with Gasteiger partial charge in [0.1, 0.15) is 0 Å². The fourth-order valence-electron chi connectivity index (χ4n) is 4.30. The number of amides is 2. The van der Waals surface area contributed by atoms with E-state index in [1.54, 1.807) is 0 Å². The molecule has 4 rings (SSSR count). The van der Waals surface area contributed by atoms with E-state index in [-0.39, 0.29) is 11.8 Å². The van der Waals surface area contributed by atoms with E-state index in [0.29, 0.717) is 19.0 Å². The molecule has 2 aliphatic carbocycles. The van der Waals surface area contributed by atoms with Gasteiger partial charge in [-0.05, 0) is 68.2 Å². The van der Waals surface area contributed by atoms with Crippen LogP contribution in [0.4, 0.5) is 0 Å². The summed E-state index contributed by atoms with van der Waals surface area (Å²) in [6.07, 6.45) is 8.90. The first-order valence-corrected chi connectivity index (χ1v) is 9.92. The molecule has 1 aromatic carbocycles. The summed E-state index contributed by atoms with van der Waals surface area (Å²) in [6, 6.07) is 6.25. The first-order valence-electron chi connectivity index (χ1n) is 9.92. The van der Waals surface area contributed by atoms with E-state index in [0.717, 1.165) is 50.8 Å². The third kappa shape index (κ3) is 3.44. The largest absolute Gasteiger partial charge is 0.341 e. The van der Waals surface area contributed by atoms with Crippen LogP contribution in [0.15, 0.2) is 18.2 Å². The van der Waals surface area contributed by atoms with E-state index in [1.807, 2.05) is 15.9 Å². The van der Waals surface area contributed by atoms with Gasteiger partial charge in [-0.15, -0.1) is 0 Å². The maximum Gasteiger partial charge on any atom is 0.253 e. The lowest BCUT2D eigenvalue weighted by molar-refractivity contribution is -0.138. The molecule has 0 bridgehead atoms. The van der Waals surface area contributed by atoms with Gasteiger partial charge in [-0.2, -0.15) is 0 Å². The van der Waals surface area contributed by atoms with Crippen LogP contribution in [0, 0.1) is 5.92 Å². The van der Waals surface area contributed by atoms with Crippen molar-refractivity contribution in [1.82, 2.24) is 9.80 Å². The van der Waals surface area contributed by atoms with Crippen molar-refractivity contribution in [3.05, 3.63) is 34.9 Å². The average molecular weight is 340 g/mol. The zero-order valence-electron chi connectivity index (χ0n) is 15.0. The Hall–Kier alpha value is -1.84. The van der Waals surface area contributed by atoms with Gasteiger partial charge in [0.05, 0.1) is 0 Å². The summed E-state index contributed by atoms with van der Waals surface area (Å²) in [4.78, 5) is 29.3. The van der Waals surface area contributed by atoms with Crippen molar-refractivity contribution in [2.75, 3.05) is 26.2 Å². The number of hydrogen-bond acceptors (Lipinski definition) is 2. The number of carbonyl (C=O) groups is 2. The normalized spacial score (nSPS) is 21.3. The Labute approximate surface area is 150 Å². The van der Waals surface area contributed by atoms with Crippen molar-refractivity contribution in [1.29, 1.82) is 0 Å². The average Bonchev–Trinajstić information content (AvgIpc) is 2.85. The maximum atomic E-state index is 12.9.